The Bertz CT molecular complexity index is 680. The van der Waals surface area contributed by atoms with Gasteiger partial charge < -0.3 is 24.6 Å². The molecule has 3 aliphatic rings. The van der Waals surface area contributed by atoms with Crippen molar-refractivity contribution < 1.29 is 24.1 Å². The summed E-state index contributed by atoms with van der Waals surface area (Å²) >= 11 is 0. The summed E-state index contributed by atoms with van der Waals surface area (Å²) in [6.45, 7) is 5.42. The lowest BCUT2D eigenvalue weighted by molar-refractivity contribution is -0.0566. The summed E-state index contributed by atoms with van der Waals surface area (Å²) < 4.78 is 17.0. The average Bonchev–Trinajstić information content (AvgIpc) is 3.02. The van der Waals surface area contributed by atoms with Crippen LogP contribution in [0.1, 0.15) is 28.8 Å². The average molecular weight is 362 g/mol. The molecule has 26 heavy (non-hydrogen) atoms. The molecule has 2 N–H and O–H groups in total. The number of hydrogen-bond acceptors (Lipinski definition) is 6. The number of fused-ring (bicyclic) bond motifs is 2. The summed E-state index contributed by atoms with van der Waals surface area (Å²) in [5.74, 6) is 1.27. The Balaban J connectivity index is 1.40. The zero-order chi connectivity index (χ0) is 18.1. The fourth-order valence-electron chi connectivity index (χ4n) is 4.06. The summed E-state index contributed by atoms with van der Waals surface area (Å²) in [5, 5.41) is 12.3. The molecular formula is C19H26N2O5. The van der Waals surface area contributed by atoms with Gasteiger partial charge in [-0.1, -0.05) is 0 Å². The largest absolute Gasteiger partial charge is 0.486 e. The first-order valence-corrected chi connectivity index (χ1v) is 9.31. The number of nitrogens with one attached hydrogen (secondary N) is 1. The maximum atomic E-state index is 12.8. The summed E-state index contributed by atoms with van der Waals surface area (Å²) in [5.41, 5.74) is 1.52. The zero-order valence-electron chi connectivity index (χ0n) is 15.1. The minimum absolute atomic E-state index is 0.0721. The molecule has 4 rings (SSSR count). The van der Waals surface area contributed by atoms with E-state index in [2.05, 4.69) is 10.2 Å². The Morgan fingerprint density at radius 3 is 2.81 bits per heavy atom. The monoisotopic (exact) mass is 362 g/mol. The number of rotatable bonds is 4. The van der Waals surface area contributed by atoms with Crippen LogP contribution in [-0.2, 0) is 4.74 Å². The molecule has 3 atom stereocenters. The molecule has 142 valence electrons. The van der Waals surface area contributed by atoms with Gasteiger partial charge in [0.2, 0.25) is 0 Å². The predicted molar refractivity (Wildman–Crippen MR) is 94.8 cm³/mol. The highest BCUT2D eigenvalue weighted by atomic mass is 16.6. The van der Waals surface area contributed by atoms with Crippen LogP contribution in [0.4, 0.5) is 0 Å². The maximum Gasteiger partial charge on any atom is 0.251 e. The summed E-state index contributed by atoms with van der Waals surface area (Å²) in [6, 6.07) is 4.10. The van der Waals surface area contributed by atoms with E-state index in [4.69, 9.17) is 19.3 Å². The number of morpholine rings is 1. The topological polar surface area (TPSA) is 80.3 Å². The van der Waals surface area contributed by atoms with Crippen molar-refractivity contribution in [3.05, 3.63) is 23.3 Å². The van der Waals surface area contributed by atoms with Gasteiger partial charge in [-0.25, -0.2) is 0 Å². The van der Waals surface area contributed by atoms with Crippen molar-refractivity contribution in [1.29, 1.82) is 0 Å². The molecule has 1 aromatic carbocycles. The highest BCUT2D eigenvalue weighted by molar-refractivity contribution is 5.96. The smallest absolute Gasteiger partial charge is 0.251 e. The Labute approximate surface area is 153 Å². The minimum atomic E-state index is -0.0721. The first kappa shape index (κ1) is 17.6. The van der Waals surface area contributed by atoms with Gasteiger partial charge in [0, 0.05) is 37.3 Å². The van der Waals surface area contributed by atoms with Crippen LogP contribution in [-0.4, -0.2) is 73.6 Å². The van der Waals surface area contributed by atoms with E-state index in [0.717, 1.165) is 25.1 Å². The third-order valence-corrected chi connectivity index (χ3v) is 5.41. The molecule has 3 aliphatic heterocycles. The molecule has 7 heteroatoms. The van der Waals surface area contributed by atoms with E-state index in [9.17, 15) is 4.79 Å². The van der Waals surface area contributed by atoms with Gasteiger partial charge in [-0.05, 0) is 37.5 Å². The van der Waals surface area contributed by atoms with Crippen LogP contribution in [0.5, 0.6) is 11.5 Å². The van der Waals surface area contributed by atoms with Gasteiger partial charge in [0.25, 0.3) is 5.91 Å². The number of ether oxygens (including phenoxy) is 3. The first-order valence-electron chi connectivity index (χ1n) is 9.31. The molecular weight excluding hydrogens is 336 g/mol. The lowest BCUT2D eigenvalue weighted by Crippen LogP contribution is -2.46. The third kappa shape index (κ3) is 3.51. The van der Waals surface area contributed by atoms with Crippen molar-refractivity contribution in [2.24, 2.45) is 0 Å². The lowest BCUT2D eigenvalue weighted by atomic mass is 10.1. The van der Waals surface area contributed by atoms with Gasteiger partial charge >= 0.3 is 0 Å². The number of aliphatic hydroxyl groups excluding tert-OH is 1. The number of carbonyl (C=O) groups excluding carboxylic acids is 1. The SMILES string of the molecule is Cc1cc2c(cc1C(=O)N[C@@H]1C[C@H]3CO[C@@H](CCO)CN3C1)OCCO2. The second kappa shape index (κ2) is 7.42. The second-order valence-corrected chi connectivity index (χ2v) is 7.29. The molecule has 2 fully saturated rings. The predicted octanol–water partition coefficient (Wildman–Crippen LogP) is 0.720. The standard InChI is InChI=1S/C19H26N2O5/c1-12-6-17-18(25-5-4-24-17)8-16(12)19(23)20-13-7-14-11-26-15(2-3-22)10-21(14)9-13/h6,8,13-15,22H,2-5,7,9-11H2,1H3,(H,20,23)/t13-,14+,15+/m1/s1. The summed E-state index contributed by atoms with van der Waals surface area (Å²) in [6.07, 6.45) is 1.64. The quantitative estimate of drug-likeness (QED) is 0.822. The number of carbonyl (C=O) groups is 1. The fraction of sp³-hybridized carbons (Fsp3) is 0.632. The number of aryl methyl sites for hydroxylation is 1. The molecule has 0 spiro atoms. The van der Waals surface area contributed by atoms with Gasteiger partial charge in [-0.2, -0.15) is 0 Å². The minimum Gasteiger partial charge on any atom is -0.486 e. The third-order valence-electron chi connectivity index (χ3n) is 5.41. The van der Waals surface area contributed by atoms with Crippen LogP contribution >= 0.6 is 0 Å². The Morgan fingerprint density at radius 1 is 1.27 bits per heavy atom. The van der Waals surface area contributed by atoms with Crippen molar-refractivity contribution in [2.45, 2.75) is 38.0 Å². The van der Waals surface area contributed by atoms with E-state index in [1.807, 2.05) is 13.0 Å². The molecule has 3 heterocycles. The first-order chi connectivity index (χ1) is 12.6. The molecule has 1 aromatic rings. The van der Waals surface area contributed by atoms with E-state index in [1.165, 1.54) is 0 Å². The number of aliphatic hydroxyl groups is 1. The van der Waals surface area contributed by atoms with Crippen molar-refractivity contribution in [2.75, 3.05) is 39.5 Å². The molecule has 0 aliphatic carbocycles. The molecule has 2 saturated heterocycles. The number of hydrogen-bond donors (Lipinski definition) is 2. The van der Waals surface area contributed by atoms with E-state index < -0.39 is 0 Å². The van der Waals surface area contributed by atoms with E-state index in [-0.39, 0.29) is 24.7 Å². The molecule has 1 amide bonds. The lowest BCUT2D eigenvalue weighted by Gasteiger charge is -2.34. The number of benzene rings is 1. The van der Waals surface area contributed by atoms with E-state index in [1.54, 1.807) is 6.07 Å². The molecule has 0 saturated carbocycles. The Kier molecular flexibility index (Phi) is 5.02. The van der Waals surface area contributed by atoms with Crippen molar-refractivity contribution in [1.82, 2.24) is 10.2 Å². The number of nitrogens with zero attached hydrogens (tertiary/aromatic N) is 1. The zero-order valence-corrected chi connectivity index (χ0v) is 15.1. The van der Waals surface area contributed by atoms with Crippen LogP contribution in [0.3, 0.4) is 0 Å². The molecule has 0 unspecified atom stereocenters. The normalized spacial score (nSPS) is 27.8. The van der Waals surface area contributed by atoms with Gasteiger partial charge in [0.05, 0.1) is 12.7 Å². The highest BCUT2D eigenvalue weighted by Gasteiger charge is 2.37. The van der Waals surface area contributed by atoms with Crippen molar-refractivity contribution >= 4 is 5.91 Å². The highest BCUT2D eigenvalue weighted by Crippen LogP contribution is 2.33. The van der Waals surface area contributed by atoms with Gasteiger partial charge in [0.1, 0.15) is 13.2 Å². The van der Waals surface area contributed by atoms with Gasteiger partial charge in [-0.3, -0.25) is 9.69 Å². The fourth-order valence-corrected chi connectivity index (χ4v) is 4.06. The van der Waals surface area contributed by atoms with Crippen LogP contribution in [0.2, 0.25) is 0 Å². The Hall–Kier alpha value is -1.83. The second-order valence-electron chi connectivity index (χ2n) is 7.29. The Morgan fingerprint density at radius 2 is 2.04 bits per heavy atom. The van der Waals surface area contributed by atoms with Crippen LogP contribution in [0.15, 0.2) is 12.1 Å². The summed E-state index contributed by atoms with van der Waals surface area (Å²) in [4.78, 5) is 15.2. The van der Waals surface area contributed by atoms with Crippen LogP contribution < -0.4 is 14.8 Å². The van der Waals surface area contributed by atoms with Gasteiger partial charge in [0.15, 0.2) is 11.5 Å². The maximum absolute atomic E-state index is 12.8. The molecule has 7 nitrogen and oxygen atoms in total. The number of amides is 1. The van der Waals surface area contributed by atoms with Gasteiger partial charge in [-0.15, -0.1) is 0 Å². The van der Waals surface area contributed by atoms with Crippen molar-refractivity contribution in [3.63, 3.8) is 0 Å². The van der Waals surface area contributed by atoms with Crippen molar-refractivity contribution in [3.8, 4) is 11.5 Å². The molecule has 0 radical (unpaired) electrons. The van der Waals surface area contributed by atoms with Crippen LogP contribution in [0.25, 0.3) is 0 Å². The molecule has 0 aromatic heterocycles. The van der Waals surface area contributed by atoms with E-state index in [0.29, 0.717) is 49.3 Å². The molecule has 0 bridgehead atoms. The summed E-state index contributed by atoms with van der Waals surface area (Å²) in [7, 11) is 0. The van der Waals surface area contributed by atoms with E-state index >= 15 is 0 Å². The van der Waals surface area contributed by atoms with Crippen LogP contribution in [0, 0.1) is 6.92 Å².